The second kappa shape index (κ2) is 8.56. The third-order valence-corrected chi connectivity index (χ3v) is 5.02. The highest BCUT2D eigenvalue weighted by Crippen LogP contribution is 2.34. The summed E-state index contributed by atoms with van der Waals surface area (Å²) in [6.07, 6.45) is 8.45. The Balaban J connectivity index is 1.73. The minimum Gasteiger partial charge on any atom is -0.492 e. The first-order valence-electron chi connectivity index (χ1n) is 9.06. The summed E-state index contributed by atoms with van der Waals surface area (Å²) in [4.78, 5) is 12.2. The maximum Gasteiger partial charge on any atom is 0.306 e. The lowest BCUT2D eigenvalue weighted by molar-refractivity contribution is -0.148. The first-order valence-corrected chi connectivity index (χ1v) is 9.06. The lowest BCUT2D eigenvalue weighted by Gasteiger charge is -2.30. The number of allylic oxidation sites excluding steroid dienone is 2. The van der Waals surface area contributed by atoms with Crippen molar-refractivity contribution in [1.29, 1.82) is 0 Å². The zero-order chi connectivity index (χ0) is 16.8. The van der Waals surface area contributed by atoms with Gasteiger partial charge in [-0.2, -0.15) is 0 Å². The van der Waals surface area contributed by atoms with Gasteiger partial charge in [-0.25, -0.2) is 0 Å². The van der Waals surface area contributed by atoms with Crippen LogP contribution in [-0.2, 0) is 14.3 Å². The number of hydrogen-bond donors (Lipinski definition) is 0. The minimum atomic E-state index is -0.0965. The molecular formula is C20H32O3. The summed E-state index contributed by atoms with van der Waals surface area (Å²) < 4.78 is 11.3. The summed E-state index contributed by atoms with van der Waals surface area (Å²) in [5.74, 6) is 2.35. The number of rotatable bonds is 8. The summed E-state index contributed by atoms with van der Waals surface area (Å²) in [6.45, 7) is 12.3. The number of esters is 1. The molecule has 3 unspecified atom stereocenters. The molecule has 3 heteroatoms. The van der Waals surface area contributed by atoms with Gasteiger partial charge in [0, 0.05) is 6.42 Å². The monoisotopic (exact) mass is 320 g/mol. The molecule has 0 N–H and O–H groups in total. The van der Waals surface area contributed by atoms with Crippen LogP contribution in [-0.4, -0.2) is 18.7 Å². The van der Waals surface area contributed by atoms with Gasteiger partial charge < -0.3 is 9.47 Å². The number of carbonyl (C=O) groups is 1. The molecule has 0 spiro atoms. The number of hydrogen-bond acceptors (Lipinski definition) is 3. The molecule has 3 atom stereocenters. The van der Waals surface area contributed by atoms with Crippen molar-refractivity contribution in [3.05, 3.63) is 24.5 Å². The molecule has 0 aromatic rings. The molecule has 0 amide bonds. The molecule has 0 aromatic heterocycles. The van der Waals surface area contributed by atoms with E-state index in [1.165, 1.54) is 24.8 Å². The van der Waals surface area contributed by atoms with Crippen molar-refractivity contribution >= 4 is 5.97 Å². The normalized spacial score (nSPS) is 26.3. The van der Waals surface area contributed by atoms with Crippen LogP contribution in [0.3, 0.4) is 0 Å². The van der Waals surface area contributed by atoms with Gasteiger partial charge in [-0.3, -0.25) is 4.79 Å². The summed E-state index contributed by atoms with van der Waals surface area (Å²) in [6, 6.07) is 0. The van der Waals surface area contributed by atoms with Gasteiger partial charge in [-0.05, 0) is 50.4 Å². The van der Waals surface area contributed by atoms with Crippen molar-refractivity contribution in [2.45, 2.75) is 71.3 Å². The van der Waals surface area contributed by atoms with E-state index in [0.717, 1.165) is 31.6 Å². The Hall–Kier alpha value is -1.25. The summed E-state index contributed by atoms with van der Waals surface area (Å²) >= 11 is 0. The van der Waals surface area contributed by atoms with Gasteiger partial charge in [0.05, 0.1) is 5.76 Å². The van der Waals surface area contributed by atoms with Gasteiger partial charge in [0.1, 0.15) is 12.7 Å². The van der Waals surface area contributed by atoms with E-state index in [0.29, 0.717) is 30.6 Å². The largest absolute Gasteiger partial charge is 0.492 e. The van der Waals surface area contributed by atoms with E-state index in [9.17, 15) is 4.79 Å². The van der Waals surface area contributed by atoms with Crippen LogP contribution in [0.4, 0.5) is 0 Å². The van der Waals surface area contributed by atoms with Gasteiger partial charge in [0.25, 0.3) is 0 Å². The van der Waals surface area contributed by atoms with Crippen molar-refractivity contribution in [2.24, 2.45) is 17.8 Å². The Morgan fingerprint density at radius 3 is 2.61 bits per heavy atom. The van der Waals surface area contributed by atoms with Crippen molar-refractivity contribution in [1.82, 2.24) is 0 Å². The lowest BCUT2D eigenvalue weighted by atomic mass is 9.78. The van der Waals surface area contributed by atoms with E-state index in [1.54, 1.807) is 0 Å². The summed E-state index contributed by atoms with van der Waals surface area (Å²) in [5.41, 5.74) is 1.27. The number of ether oxygens (including phenoxy) is 2. The maximum atomic E-state index is 12.2. The molecule has 0 saturated heterocycles. The molecular weight excluding hydrogens is 288 g/mol. The molecule has 130 valence electrons. The molecule has 2 aliphatic carbocycles. The highest BCUT2D eigenvalue weighted by molar-refractivity contribution is 5.69. The summed E-state index contributed by atoms with van der Waals surface area (Å²) in [5, 5.41) is 0. The van der Waals surface area contributed by atoms with Gasteiger partial charge in [-0.1, -0.05) is 44.9 Å². The van der Waals surface area contributed by atoms with E-state index in [-0.39, 0.29) is 12.1 Å². The Morgan fingerprint density at radius 1 is 1.30 bits per heavy atom. The van der Waals surface area contributed by atoms with Gasteiger partial charge in [0.15, 0.2) is 0 Å². The molecule has 0 radical (unpaired) electrons. The van der Waals surface area contributed by atoms with Crippen LogP contribution < -0.4 is 0 Å². The molecule has 2 rings (SSSR count). The van der Waals surface area contributed by atoms with Crippen LogP contribution in [0.25, 0.3) is 0 Å². The van der Waals surface area contributed by atoms with Gasteiger partial charge in [0.2, 0.25) is 0 Å². The fraction of sp³-hybridized carbons (Fsp3) is 0.750. The Labute approximate surface area is 141 Å². The molecule has 2 saturated carbocycles. The zero-order valence-electron chi connectivity index (χ0n) is 14.8. The predicted octanol–water partition coefficient (Wildman–Crippen LogP) is 5.02. The minimum absolute atomic E-state index is 0.0398. The highest BCUT2D eigenvalue weighted by Gasteiger charge is 2.26. The molecule has 0 bridgehead atoms. The maximum absolute atomic E-state index is 12.2. The van der Waals surface area contributed by atoms with Gasteiger partial charge in [-0.15, -0.1) is 0 Å². The van der Waals surface area contributed by atoms with Crippen LogP contribution in [0.1, 0.15) is 65.2 Å². The van der Waals surface area contributed by atoms with Crippen LogP contribution >= 0.6 is 0 Å². The standard InChI is InChI=1S/C20H32O3/c1-14(2)23-19(11-17-6-5-7-17)13-22-20(21)12-18-9-15(3)8-16(4)10-18/h16-19H,1,3,5-13H2,2,4H3. The molecule has 0 heterocycles. The third-order valence-electron chi connectivity index (χ3n) is 5.02. The van der Waals surface area contributed by atoms with Gasteiger partial charge >= 0.3 is 5.97 Å². The molecule has 2 aliphatic rings. The molecule has 3 nitrogen and oxygen atoms in total. The van der Waals surface area contributed by atoms with E-state index in [2.05, 4.69) is 20.1 Å². The Bertz CT molecular complexity index is 436. The lowest BCUT2D eigenvalue weighted by Crippen LogP contribution is -2.28. The molecule has 23 heavy (non-hydrogen) atoms. The Kier molecular flexibility index (Phi) is 6.73. The Morgan fingerprint density at radius 2 is 2.04 bits per heavy atom. The third kappa shape index (κ3) is 6.40. The van der Waals surface area contributed by atoms with Crippen molar-refractivity contribution in [2.75, 3.05) is 6.61 Å². The molecule has 2 fully saturated rings. The zero-order valence-corrected chi connectivity index (χ0v) is 14.8. The molecule has 0 aliphatic heterocycles. The fourth-order valence-electron chi connectivity index (χ4n) is 3.89. The smallest absolute Gasteiger partial charge is 0.306 e. The first-order chi connectivity index (χ1) is 10.9. The quantitative estimate of drug-likeness (QED) is 0.358. The first kappa shape index (κ1) is 18.1. The molecule has 0 aromatic carbocycles. The van der Waals surface area contributed by atoms with E-state index < -0.39 is 0 Å². The van der Waals surface area contributed by atoms with Crippen LogP contribution in [0, 0.1) is 17.8 Å². The van der Waals surface area contributed by atoms with Crippen LogP contribution in [0.15, 0.2) is 24.5 Å². The fourth-order valence-corrected chi connectivity index (χ4v) is 3.89. The predicted molar refractivity (Wildman–Crippen MR) is 92.9 cm³/mol. The average Bonchev–Trinajstić information content (AvgIpc) is 2.38. The number of carbonyl (C=O) groups excluding carboxylic acids is 1. The SMILES string of the molecule is C=C1CC(C)CC(CC(=O)OCC(CC2CCC2)OC(=C)C)C1. The highest BCUT2D eigenvalue weighted by atomic mass is 16.6. The van der Waals surface area contributed by atoms with E-state index in [4.69, 9.17) is 9.47 Å². The second-order valence-electron chi connectivity index (χ2n) is 7.73. The van der Waals surface area contributed by atoms with Crippen molar-refractivity contribution in [3.8, 4) is 0 Å². The van der Waals surface area contributed by atoms with Crippen molar-refractivity contribution < 1.29 is 14.3 Å². The summed E-state index contributed by atoms with van der Waals surface area (Å²) in [7, 11) is 0. The van der Waals surface area contributed by atoms with E-state index >= 15 is 0 Å². The van der Waals surface area contributed by atoms with E-state index in [1.807, 2.05) is 6.92 Å². The van der Waals surface area contributed by atoms with Crippen LogP contribution in [0.5, 0.6) is 0 Å². The van der Waals surface area contributed by atoms with Crippen LogP contribution in [0.2, 0.25) is 0 Å². The average molecular weight is 320 g/mol. The topological polar surface area (TPSA) is 35.5 Å². The van der Waals surface area contributed by atoms with Crippen molar-refractivity contribution in [3.63, 3.8) is 0 Å². The second-order valence-corrected chi connectivity index (χ2v) is 7.73.